The summed E-state index contributed by atoms with van der Waals surface area (Å²) in [6.07, 6.45) is 0.910. The number of hydrogen-bond donors (Lipinski definition) is 1. The zero-order valence-electron chi connectivity index (χ0n) is 19.7. The van der Waals surface area contributed by atoms with Gasteiger partial charge in [0.15, 0.2) is 0 Å². The topological polar surface area (TPSA) is 73.0 Å². The number of amides is 4. The second-order valence-corrected chi connectivity index (χ2v) is 9.36. The number of hydrogen-bond acceptors (Lipinski definition) is 3. The standard InChI is InChI=1S/C26H31FN4O3/c1-18(2)15-24(32)31-17-20-6-4-3-5-19(20)16-23(31)25(33)29-11-13-30(14-12-29)26(34)28-22-9-7-21(27)8-10-22/h3-10,18,23H,11-17H2,1-2H3,(H,28,34). The van der Waals surface area contributed by atoms with E-state index in [9.17, 15) is 18.8 Å². The quantitative estimate of drug-likeness (QED) is 0.750. The van der Waals surface area contributed by atoms with E-state index in [1.165, 1.54) is 24.3 Å². The second-order valence-electron chi connectivity index (χ2n) is 9.36. The highest BCUT2D eigenvalue weighted by Gasteiger charge is 2.38. The number of halogens is 1. The van der Waals surface area contributed by atoms with E-state index in [2.05, 4.69) is 5.32 Å². The van der Waals surface area contributed by atoms with Crippen LogP contribution in [0, 0.1) is 11.7 Å². The van der Waals surface area contributed by atoms with E-state index in [1.54, 1.807) is 14.7 Å². The molecule has 0 saturated carbocycles. The van der Waals surface area contributed by atoms with E-state index in [4.69, 9.17) is 0 Å². The lowest BCUT2D eigenvalue weighted by Gasteiger charge is -2.41. The van der Waals surface area contributed by atoms with Crippen LogP contribution >= 0.6 is 0 Å². The third-order valence-corrected chi connectivity index (χ3v) is 6.41. The van der Waals surface area contributed by atoms with E-state index >= 15 is 0 Å². The van der Waals surface area contributed by atoms with Crippen molar-refractivity contribution in [1.82, 2.24) is 14.7 Å². The maximum absolute atomic E-state index is 13.5. The largest absolute Gasteiger partial charge is 0.337 e. The van der Waals surface area contributed by atoms with Crippen molar-refractivity contribution in [2.75, 3.05) is 31.5 Å². The minimum Gasteiger partial charge on any atom is -0.337 e. The first kappa shape index (κ1) is 23.7. The maximum atomic E-state index is 13.5. The Balaban J connectivity index is 1.40. The van der Waals surface area contributed by atoms with E-state index < -0.39 is 6.04 Å². The number of nitrogens with zero attached hydrogens (tertiary/aromatic N) is 3. The Bertz CT molecular complexity index is 1050. The van der Waals surface area contributed by atoms with Crippen molar-refractivity contribution in [2.45, 2.75) is 39.3 Å². The Morgan fingerprint density at radius 1 is 0.941 bits per heavy atom. The Morgan fingerprint density at radius 2 is 1.56 bits per heavy atom. The van der Waals surface area contributed by atoms with Gasteiger partial charge in [0.05, 0.1) is 0 Å². The molecule has 1 fully saturated rings. The number of rotatable bonds is 4. The van der Waals surface area contributed by atoms with Gasteiger partial charge < -0.3 is 20.0 Å². The van der Waals surface area contributed by atoms with Crippen molar-refractivity contribution in [1.29, 1.82) is 0 Å². The van der Waals surface area contributed by atoms with Crippen LogP contribution in [0.5, 0.6) is 0 Å². The molecule has 4 rings (SSSR count). The highest BCUT2D eigenvalue weighted by molar-refractivity contribution is 5.90. The normalized spacial score (nSPS) is 18.0. The van der Waals surface area contributed by atoms with E-state index in [0.717, 1.165) is 11.1 Å². The number of benzene rings is 2. The predicted octanol–water partition coefficient (Wildman–Crippen LogP) is 3.50. The summed E-state index contributed by atoms with van der Waals surface area (Å²) < 4.78 is 13.1. The molecule has 180 valence electrons. The fourth-order valence-corrected chi connectivity index (χ4v) is 4.55. The van der Waals surface area contributed by atoms with Gasteiger partial charge in [0, 0.05) is 51.3 Å². The van der Waals surface area contributed by atoms with Gasteiger partial charge in [-0.25, -0.2) is 9.18 Å². The summed E-state index contributed by atoms with van der Waals surface area (Å²) in [6.45, 7) is 6.04. The third-order valence-electron chi connectivity index (χ3n) is 6.41. The molecular formula is C26H31FN4O3. The van der Waals surface area contributed by atoms with Gasteiger partial charge in [-0.15, -0.1) is 0 Å². The molecule has 1 unspecified atom stereocenters. The molecule has 2 aromatic rings. The van der Waals surface area contributed by atoms with Crippen LogP contribution in [0.15, 0.2) is 48.5 Å². The molecule has 4 amide bonds. The molecule has 1 atom stereocenters. The number of carbonyl (C=O) groups is 3. The Morgan fingerprint density at radius 3 is 2.21 bits per heavy atom. The van der Waals surface area contributed by atoms with Crippen LogP contribution in [-0.4, -0.2) is 64.8 Å². The molecule has 8 heteroatoms. The minimum atomic E-state index is -0.527. The Labute approximate surface area is 199 Å². The molecule has 0 spiro atoms. The molecule has 1 N–H and O–H groups in total. The number of piperazine rings is 1. The van der Waals surface area contributed by atoms with Gasteiger partial charge in [0.2, 0.25) is 11.8 Å². The molecule has 2 aliphatic heterocycles. The average Bonchev–Trinajstić information content (AvgIpc) is 2.84. The van der Waals surface area contributed by atoms with Crippen LogP contribution in [0.1, 0.15) is 31.4 Å². The van der Waals surface area contributed by atoms with Crippen LogP contribution in [0.2, 0.25) is 0 Å². The van der Waals surface area contributed by atoms with Crippen LogP contribution in [0.25, 0.3) is 0 Å². The smallest absolute Gasteiger partial charge is 0.321 e. The van der Waals surface area contributed by atoms with Gasteiger partial charge >= 0.3 is 6.03 Å². The summed E-state index contributed by atoms with van der Waals surface area (Å²) in [7, 11) is 0. The lowest BCUT2D eigenvalue weighted by molar-refractivity contribution is -0.148. The summed E-state index contributed by atoms with van der Waals surface area (Å²) in [6, 6.07) is 12.8. The summed E-state index contributed by atoms with van der Waals surface area (Å²) in [5.74, 6) is -0.217. The highest BCUT2D eigenvalue weighted by Crippen LogP contribution is 2.26. The predicted molar refractivity (Wildman–Crippen MR) is 128 cm³/mol. The summed E-state index contributed by atoms with van der Waals surface area (Å²) in [4.78, 5) is 44.3. The summed E-state index contributed by atoms with van der Waals surface area (Å²) in [5, 5.41) is 2.76. The Kier molecular flexibility index (Phi) is 7.14. The zero-order valence-corrected chi connectivity index (χ0v) is 19.7. The van der Waals surface area contributed by atoms with Gasteiger partial charge in [-0.1, -0.05) is 38.1 Å². The first-order valence-electron chi connectivity index (χ1n) is 11.8. The molecule has 0 aromatic heterocycles. The molecule has 0 bridgehead atoms. The lowest BCUT2D eigenvalue weighted by Crippen LogP contribution is -2.58. The summed E-state index contributed by atoms with van der Waals surface area (Å²) >= 11 is 0. The van der Waals surface area contributed by atoms with Gasteiger partial charge in [-0.05, 0) is 41.3 Å². The number of urea groups is 1. The Hall–Kier alpha value is -3.42. The third kappa shape index (κ3) is 5.38. The minimum absolute atomic E-state index is 0.000152. The average molecular weight is 467 g/mol. The number of anilines is 1. The highest BCUT2D eigenvalue weighted by atomic mass is 19.1. The van der Waals surface area contributed by atoms with Gasteiger partial charge in [-0.3, -0.25) is 9.59 Å². The molecule has 0 radical (unpaired) electrons. The molecule has 2 heterocycles. The lowest BCUT2D eigenvalue weighted by atomic mass is 9.92. The van der Waals surface area contributed by atoms with Gasteiger partial charge in [0.1, 0.15) is 11.9 Å². The second kappa shape index (κ2) is 10.2. The number of fused-ring (bicyclic) bond motifs is 1. The van der Waals surface area contributed by atoms with Crippen LogP contribution in [-0.2, 0) is 22.6 Å². The summed E-state index contributed by atoms with van der Waals surface area (Å²) in [5.41, 5.74) is 2.71. The van der Waals surface area contributed by atoms with Gasteiger partial charge in [-0.2, -0.15) is 0 Å². The zero-order chi connectivity index (χ0) is 24.2. The van der Waals surface area contributed by atoms with Crippen molar-refractivity contribution >= 4 is 23.5 Å². The van der Waals surface area contributed by atoms with Gasteiger partial charge in [0.25, 0.3) is 0 Å². The molecule has 2 aromatic carbocycles. The van der Waals surface area contributed by atoms with Crippen molar-refractivity contribution < 1.29 is 18.8 Å². The maximum Gasteiger partial charge on any atom is 0.321 e. The molecule has 34 heavy (non-hydrogen) atoms. The van der Waals surface area contributed by atoms with Crippen LogP contribution < -0.4 is 5.32 Å². The molecule has 1 saturated heterocycles. The number of nitrogens with one attached hydrogen (secondary N) is 1. The van der Waals surface area contributed by atoms with E-state index in [0.29, 0.717) is 51.3 Å². The number of carbonyl (C=O) groups excluding carboxylic acids is 3. The molecule has 0 aliphatic carbocycles. The van der Waals surface area contributed by atoms with Crippen molar-refractivity contribution in [3.63, 3.8) is 0 Å². The van der Waals surface area contributed by atoms with E-state index in [-0.39, 0.29) is 29.6 Å². The van der Waals surface area contributed by atoms with Crippen molar-refractivity contribution in [2.24, 2.45) is 5.92 Å². The monoisotopic (exact) mass is 466 g/mol. The fraction of sp³-hybridized carbons (Fsp3) is 0.423. The molecule has 2 aliphatic rings. The van der Waals surface area contributed by atoms with E-state index in [1.807, 2.05) is 38.1 Å². The molecular weight excluding hydrogens is 435 g/mol. The fourth-order valence-electron chi connectivity index (χ4n) is 4.55. The SMILES string of the molecule is CC(C)CC(=O)N1Cc2ccccc2CC1C(=O)N1CCN(C(=O)Nc2ccc(F)cc2)CC1. The van der Waals surface area contributed by atoms with Crippen LogP contribution in [0.4, 0.5) is 14.9 Å². The van der Waals surface area contributed by atoms with Crippen LogP contribution in [0.3, 0.4) is 0 Å². The first-order valence-corrected chi connectivity index (χ1v) is 11.8. The molecule has 7 nitrogen and oxygen atoms in total. The van der Waals surface area contributed by atoms with Crippen molar-refractivity contribution in [3.05, 3.63) is 65.5 Å². The first-order chi connectivity index (χ1) is 16.3. The van der Waals surface area contributed by atoms with Crippen molar-refractivity contribution in [3.8, 4) is 0 Å².